The van der Waals surface area contributed by atoms with E-state index in [-0.39, 0.29) is 18.6 Å². The van der Waals surface area contributed by atoms with Gasteiger partial charge in [0.05, 0.1) is 19.8 Å². The maximum atomic E-state index is 12.7. The summed E-state index contributed by atoms with van der Waals surface area (Å²) in [5.41, 5.74) is 1.49. The highest BCUT2D eigenvalue weighted by molar-refractivity contribution is 5.99. The molecule has 1 fully saturated rings. The molecule has 1 aromatic heterocycles. The number of hydrogen-bond donors (Lipinski definition) is 1. The standard InChI is InChI=1S/C16H19NO4/c1-10-13-8-12(20-2)5-6-14(13)21-15(10)16(19)17-7-3-4-11(17)9-18/h5-6,8,11,18H,3-4,7,9H2,1-2H3/t11-/m1/s1. The van der Waals surface area contributed by atoms with Gasteiger partial charge in [0.1, 0.15) is 11.3 Å². The van der Waals surface area contributed by atoms with Crippen LogP contribution in [0.4, 0.5) is 0 Å². The normalized spacial score (nSPS) is 18.4. The van der Waals surface area contributed by atoms with Crippen LogP contribution in [0, 0.1) is 6.92 Å². The predicted octanol–water partition coefficient (Wildman–Crippen LogP) is 2.35. The number of carbonyl (C=O) groups is 1. The Morgan fingerprint density at radius 2 is 2.33 bits per heavy atom. The number of amides is 1. The van der Waals surface area contributed by atoms with Gasteiger partial charge in [-0.25, -0.2) is 0 Å². The molecule has 5 heteroatoms. The lowest BCUT2D eigenvalue weighted by Crippen LogP contribution is -2.37. The summed E-state index contributed by atoms with van der Waals surface area (Å²) in [7, 11) is 1.61. The fourth-order valence-corrected chi connectivity index (χ4v) is 2.95. The van der Waals surface area contributed by atoms with Crippen LogP contribution in [0.5, 0.6) is 5.75 Å². The van der Waals surface area contributed by atoms with Gasteiger partial charge in [0.15, 0.2) is 5.76 Å². The monoisotopic (exact) mass is 289 g/mol. The van der Waals surface area contributed by atoms with Gasteiger partial charge in [-0.05, 0) is 38.0 Å². The highest BCUT2D eigenvalue weighted by atomic mass is 16.5. The van der Waals surface area contributed by atoms with Gasteiger partial charge in [-0.1, -0.05) is 0 Å². The van der Waals surface area contributed by atoms with E-state index in [0.717, 1.165) is 29.5 Å². The van der Waals surface area contributed by atoms with E-state index in [4.69, 9.17) is 9.15 Å². The van der Waals surface area contributed by atoms with E-state index in [9.17, 15) is 9.90 Å². The number of aliphatic hydroxyl groups is 1. The van der Waals surface area contributed by atoms with E-state index < -0.39 is 0 Å². The lowest BCUT2D eigenvalue weighted by molar-refractivity contribution is 0.0647. The number of ether oxygens (including phenoxy) is 1. The Labute approximate surface area is 123 Å². The van der Waals surface area contributed by atoms with Gasteiger partial charge in [-0.15, -0.1) is 0 Å². The molecular weight excluding hydrogens is 270 g/mol. The van der Waals surface area contributed by atoms with Gasteiger partial charge in [0.2, 0.25) is 0 Å². The first-order chi connectivity index (χ1) is 10.2. The number of aryl methyl sites for hydroxylation is 1. The summed E-state index contributed by atoms with van der Waals surface area (Å²) in [6.45, 7) is 2.55. The van der Waals surface area contributed by atoms with Crippen LogP contribution < -0.4 is 4.74 Å². The minimum absolute atomic E-state index is 0.00115. The molecular formula is C16H19NO4. The lowest BCUT2D eigenvalue weighted by atomic mass is 10.1. The summed E-state index contributed by atoms with van der Waals surface area (Å²) >= 11 is 0. The van der Waals surface area contributed by atoms with Crippen molar-refractivity contribution in [3.8, 4) is 5.75 Å². The van der Waals surface area contributed by atoms with E-state index in [2.05, 4.69) is 0 Å². The number of carbonyl (C=O) groups excluding carboxylic acids is 1. The quantitative estimate of drug-likeness (QED) is 0.942. The summed E-state index contributed by atoms with van der Waals surface area (Å²) in [5, 5.41) is 10.3. The second-order valence-corrected chi connectivity index (χ2v) is 5.40. The molecule has 1 N–H and O–H groups in total. The number of fused-ring (bicyclic) bond motifs is 1. The van der Waals surface area contributed by atoms with Crippen LogP contribution in [0.15, 0.2) is 22.6 Å². The van der Waals surface area contributed by atoms with Crippen LogP contribution in [0.1, 0.15) is 29.0 Å². The first kappa shape index (κ1) is 13.9. The van der Waals surface area contributed by atoms with Crippen molar-refractivity contribution in [2.45, 2.75) is 25.8 Å². The van der Waals surface area contributed by atoms with E-state index in [1.165, 1.54) is 0 Å². The highest BCUT2D eigenvalue weighted by Gasteiger charge is 2.32. The third-order valence-electron chi connectivity index (χ3n) is 4.19. The Balaban J connectivity index is 2.00. The van der Waals surface area contributed by atoms with Gasteiger partial charge in [-0.2, -0.15) is 0 Å². The van der Waals surface area contributed by atoms with E-state index in [1.807, 2.05) is 25.1 Å². The maximum absolute atomic E-state index is 12.7. The Kier molecular flexibility index (Phi) is 3.59. The first-order valence-corrected chi connectivity index (χ1v) is 7.14. The number of nitrogens with zero attached hydrogens (tertiary/aromatic N) is 1. The van der Waals surface area contributed by atoms with Crippen molar-refractivity contribution >= 4 is 16.9 Å². The smallest absolute Gasteiger partial charge is 0.290 e. The summed E-state index contributed by atoms with van der Waals surface area (Å²) in [4.78, 5) is 14.4. The molecule has 1 aliphatic rings. The fourth-order valence-electron chi connectivity index (χ4n) is 2.95. The second-order valence-electron chi connectivity index (χ2n) is 5.40. The molecule has 5 nitrogen and oxygen atoms in total. The van der Waals surface area contributed by atoms with E-state index in [1.54, 1.807) is 12.0 Å². The fraction of sp³-hybridized carbons (Fsp3) is 0.438. The van der Waals surface area contributed by atoms with Gasteiger partial charge < -0.3 is 19.2 Å². The first-order valence-electron chi connectivity index (χ1n) is 7.14. The molecule has 1 amide bonds. The molecule has 0 aliphatic carbocycles. The summed E-state index contributed by atoms with van der Waals surface area (Å²) < 4.78 is 10.9. The molecule has 112 valence electrons. The van der Waals surface area contributed by atoms with Crippen molar-refractivity contribution in [2.24, 2.45) is 0 Å². The van der Waals surface area contributed by atoms with Gasteiger partial charge in [0, 0.05) is 17.5 Å². The molecule has 2 heterocycles. The predicted molar refractivity (Wildman–Crippen MR) is 78.6 cm³/mol. The average Bonchev–Trinajstić information content (AvgIpc) is 3.11. The van der Waals surface area contributed by atoms with Crippen LogP contribution in [-0.2, 0) is 0 Å². The van der Waals surface area contributed by atoms with Crippen molar-refractivity contribution in [3.05, 3.63) is 29.5 Å². The Bertz CT molecular complexity index is 676. The lowest BCUT2D eigenvalue weighted by Gasteiger charge is -2.22. The zero-order chi connectivity index (χ0) is 15.0. The Hall–Kier alpha value is -2.01. The van der Waals surface area contributed by atoms with Crippen molar-refractivity contribution in [1.29, 1.82) is 0 Å². The third kappa shape index (κ3) is 2.27. The topological polar surface area (TPSA) is 62.9 Å². The number of rotatable bonds is 3. The van der Waals surface area contributed by atoms with Gasteiger partial charge in [0.25, 0.3) is 5.91 Å². The minimum Gasteiger partial charge on any atom is -0.497 e. The number of aliphatic hydroxyl groups excluding tert-OH is 1. The molecule has 1 saturated heterocycles. The Morgan fingerprint density at radius 3 is 3.05 bits per heavy atom. The van der Waals surface area contributed by atoms with Crippen molar-refractivity contribution < 1.29 is 19.1 Å². The molecule has 1 aromatic carbocycles. The molecule has 0 bridgehead atoms. The zero-order valence-corrected chi connectivity index (χ0v) is 12.3. The molecule has 1 aliphatic heterocycles. The van der Waals surface area contributed by atoms with Crippen LogP contribution in [0.3, 0.4) is 0 Å². The summed E-state index contributed by atoms with van der Waals surface area (Å²) in [6.07, 6.45) is 1.76. The molecule has 1 atom stereocenters. The zero-order valence-electron chi connectivity index (χ0n) is 12.3. The Morgan fingerprint density at radius 1 is 1.52 bits per heavy atom. The van der Waals surface area contributed by atoms with Crippen molar-refractivity contribution in [3.63, 3.8) is 0 Å². The summed E-state index contributed by atoms with van der Waals surface area (Å²) in [6, 6.07) is 5.40. The number of hydrogen-bond acceptors (Lipinski definition) is 4. The molecule has 0 saturated carbocycles. The van der Waals surface area contributed by atoms with Crippen LogP contribution in [0.25, 0.3) is 11.0 Å². The van der Waals surface area contributed by atoms with E-state index >= 15 is 0 Å². The van der Waals surface area contributed by atoms with E-state index in [0.29, 0.717) is 17.9 Å². The largest absolute Gasteiger partial charge is 0.497 e. The molecule has 0 spiro atoms. The molecule has 0 unspecified atom stereocenters. The number of furan rings is 1. The molecule has 0 radical (unpaired) electrons. The van der Waals surface area contributed by atoms with Gasteiger partial charge in [-0.3, -0.25) is 4.79 Å². The third-order valence-corrected chi connectivity index (χ3v) is 4.19. The van der Waals surface area contributed by atoms with Crippen LogP contribution >= 0.6 is 0 Å². The van der Waals surface area contributed by atoms with Crippen LogP contribution in [-0.4, -0.2) is 42.2 Å². The molecule has 2 aromatic rings. The maximum Gasteiger partial charge on any atom is 0.290 e. The number of likely N-dealkylation sites (tertiary alicyclic amines) is 1. The highest BCUT2D eigenvalue weighted by Crippen LogP contribution is 2.30. The summed E-state index contributed by atoms with van der Waals surface area (Å²) in [5.74, 6) is 0.956. The van der Waals surface area contributed by atoms with Crippen molar-refractivity contribution in [2.75, 3.05) is 20.3 Å². The second kappa shape index (κ2) is 5.41. The SMILES string of the molecule is COc1ccc2oc(C(=O)N3CCC[C@@H]3CO)c(C)c2c1. The molecule has 3 rings (SSSR count). The number of benzene rings is 1. The van der Waals surface area contributed by atoms with Crippen molar-refractivity contribution in [1.82, 2.24) is 4.90 Å². The minimum atomic E-state index is -0.140. The molecule has 21 heavy (non-hydrogen) atoms. The van der Waals surface area contributed by atoms with Crippen LogP contribution in [0.2, 0.25) is 0 Å². The number of methoxy groups -OCH3 is 1. The van der Waals surface area contributed by atoms with Gasteiger partial charge >= 0.3 is 0 Å². The average molecular weight is 289 g/mol.